The van der Waals surface area contributed by atoms with Crippen molar-refractivity contribution >= 4 is 11.8 Å². The SMILES string of the molecule is COc1ccc(C(C)NC(=O)C(=O)NC(C)(C)CC(C)(C)C)cc1OC. The van der Waals surface area contributed by atoms with Crippen molar-refractivity contribution in [3.63, 3.8) is 0 Å². The van der Waals surface area contributed by atoms with Crippen molar-refractivity contribution in [2.75, 3.05) is 14.2 Å². The van der Waals surface area contributed by atoms with E-state index in [9.17, 15) is 9.59 Å². The standard InChI is InChI=1S/C20H32N2O4/c1-13(14-9-10-15(25-7)16(11-14)26-8)21-17(23)18(24)22-20(5,6)12-19(2,3)4/h9-11,13H,12H2,1-8H3,(H,21,23)(H,22,24). The van der Waals surface area contributed by atoms with Crippen LogP contribution in [0.4, 0.5) is 0 Å². The van der Waals surface area contributed by atoms with E-state index in [1.165, 1.54) is 0 Å². The minimum Gasteiger partial charge on any atom is -0.493 e. The predicted molar refractivity (Wildman–Crippen MR) is 102 cm³/mol. The largest absolute Gasteiger partial charge is 0.493 e. The summed E-state index contributed by atoms with van der Waals surface area (Å²) in [5, 5.41) is 5.54. The summed E-state index contributed by atoms with van der Waals surface area (Å²) in [7, 11) is 3.11. The second kappa shape index (κ2) is 8.43. The van der Waals surface area contributed by atoms with Gasteiger partial charge in [-0.25, -0.2) is 0 Å². The van der Waals surface area contributed by atoms with Gasteiger partial charge in [0.05, 0.1) is 20.3 Å². The minimum absolute atomic E-state index is 0.0419. The Kier molecular flexibility index (Phi) is 7.07. The van der Waals surface area contributed by atoms with Crippen molar-refractivity contribution < 1.29 is 19.1 Å². The van der Waals surface area contributed by atoms with E-state index in [4.69, 9.17) is 9.47 Å². The Balaban J connectivity index is 2.76. The van der Waals surface area contributed by atoms with E-state index < -0.39 is 17.4 Å². The zero-order valence-electron chi connectivity index (χ0n) is 17.1. The highest BCUT2D eigenvalue weighted by molar-refractivity contribution is 6.35. The second-order valence-corrected chi connectivity index (χ2v) is 8.39. The molecule has 0 fully saturated rings. The average Bonchev–Trinajstić information content (AvgIpc) is 2.50. The maximum atomic E-state index is 12.3. The molecule has 0 saturated carbocycles. The van der Waals surface area contributed by atoms with E-state index in [-0.39, 0.29) is 11.5 Å². The van der Waals surface area contributed by atoms with Crippen molar-refractivity contribution in [3.05, 3.63) is 23.8 Å². The van der Waals surface area contributed by atoms with Crippen LogP contribution in [0.15, 0.2) is 18.2 Å². The summed E-state index contributed by atoms with van der Waals surface area (Å²) >= 11 is 0. The Morgan fingerprint density at radius 3 is 2.08 bits per heavy atom. The fourth-order valence-corrected chi connectivity index (χ4v) is 3.20. The van der Waals surface area contributed by atoms with Gasteiger partial charge in [-0.2, -0.15) is 0 Å². The molecule has 1 atom stereocenters. The fourth-order valence-electron chi connectivity index (χ4n) is 3.20. The molecule has 6 heteroatoms. The summed E-state index contributed by atoms with van der Waals surface area (Å²) < 4.78 is 10.5. The van der Waals surface area contributed by atoms with Crippen LogP contribution >= 0.6 is 0 Å². The third kappa shape index (κ3) is 6.58. The Hall–Kier alpha value is -2.24. The summed E-state index contributed by atoms with van der Waals surface area (Å²) in [5.74, 6) is -0.112. The van der Waals surface area contributed by atoms with Crippen LogP contribution in [0.25, 0.3) is 0 Å². The molecule has 6 nitrogen and oxygen atoms in total. The van der Waals surface area contributed by atoms with E-state index in [1.54, 1.807) is 26.4 Å². The molecule has 146 valence electrons. The summed E-state index contributed by atoms with van der Waals surface area (Å²) in [6.07, 6.45) is 0.754. The van der Waals surface area contributed by atoms with Gasteiger partial charge in [0.2, 0.25) is 0 Å². The van der Waals surface area contributed by atoms with Crippen molar-refractivity contribution in [3.8, 4) is 11.5 Å². The highest BCUT2D eigenvalue weighted by Gasteiger charge is 2.29. The molecule has 2 N–H and O–H groups in total. The normalized spacial score (nSPS) is 12.9. The lowest BCUT2D eigenvalue weighted by molar-refractivity contribution is -0.140. The molecule has 1 aromatic rings. The van der Waals surface area contributed by atoms with Gasteiger partial charge in [-0.05, 0) is 50.3 Å². The van der Waals surface area contributed by atoms with Gasteiger partial charge in [-0.3, -0.25) is 9.59 Å². The summed E-state index contributed by atoms with van der Waals surface area (Å²) in [6, 6.07) is 5.03. The van der Waals surface area contributed by atoms with Gasteiger partial charge in [0, 0.05) is 5.54 Å². The molecular formula is C20H32N2O4. The first-order valence-electron chi connectivity index (χ1n) is 8.73. The van der Waals surface area contributed by atoms with Crippen LogP contribution in [0, 0.1) is 5.41 Å². The molecule has 0 radical (unpaired) electrons. The highest BCUT2D eigenvalue weighted by Crippen LogP contribution is 2.30. The number of hydrogen-bond donors (Lipinski definition) is 2. The van der Waals surface area contributed by atoms with Crippen LogP contribution in [0.5, 0.6) is 11.5 Å². The Bertz CT molecular complexity index is 648. The lowest BCUT2D eigenvalue weighted by Gasteiger charge is -2.33. The highest BCUT2D eigenvalue weighted by atomic mass is 16.5. The van der Waals surface area contributed by atoms with Gasteiger partial charge < -0.3 is 20.1 Å². The van der Waals surface area contributed by atoms with E-state index >= 15 is 0 Å². The van der Waals surface area contributed by atoms with Gasteiger partial charge >= 0.3 is 11.8 Å². The van der Waals surface area contributed by atoms with Gasteiger partial charge in [0.1, 0.15) is 0 Å². The molecule has 0 aliphatic heterocycles. The molecule has 0 aliphatic carbocycles. The van der Waals surface area contributed by atoms with Crippen LogP contribution in [-0.2, 0) is 9.59 Å². The zero-order chi connectivity index (χ0) is 20.1. The van der Waals surface area contributed by atoms with Crippen LogP contribution in [0.2, 0.25) is 0 Å². The third-order valence-corrected chi connectivity index (χ3v) is 3.89. The van der Waals surface area contributed by atoms with Gasteiger partial charge in [-0.15, -0.1) is 0 Å². The number of rotatable bonds is 6. The molecular weight excluding hydrogens is 332 g/mol. The van der Waals surface area contributed by atoms with Crippen LogP contribution in [-0.4, -0.2) is 31.6 Å². The molecule has 1 aromatic carbocycles. The lowest BCUT2D eigenvalue weighted by atomic mass is 9.82. The molecule has 0 saturated heterocycles. The molecule has 0 spiro atoms. The Morgan fingerprint density at radius 1 is 1.00 bits per heavy atom. The topological polar surface area (TPSA) is 76.7 Å². The molecule has 0 bridgehead atoms. The maximum Gasteiger partial charge on any atom is 0.309 e. The third-order valence-electron chi connectivity index (χ3n) is 3.89. The fraction of sp³-hybridized carbons (Fsp3) is 0.600. The quantitative estimate of drug-likeness (QED) is 0.760. The van der Waals surface area contributed by atoms with E-state index in [0.29, 0.717) is 11.5 Å². The number of amides is 2. The van der Waals surface area contributed by atoms with E-state index in [1.807, 2.05) is 26.8 Å². The number of hydrogen-bond acceptors (Lipinski definition) is 4. The summed E-state index contributed by atoms with van der Waals surface area (Å²) in [5.41, 5.74) is 0.386. The van der Waals surface area contributed by atoms with Crippen molar-refractivity contribution in [2.45, 2.75) is 59.5 Å². The van der Waals surface area contributed by atoms with Crippen molar-refractivity contribution in [1.82, 2.24) is 10.6 Å². The average molecular weight is 364 g/mol. The van der Waals surface area contributed by atoms with Crippen LogP contribution in [0.3, 0.4) is 0 Å². The number of methoxy groups -OCH3 is 2. The Morgan fingerprint density at radius 2 is 1.58 bits per heavy atom. The first kappa shape index (κ1) is 21.8. The lowest BCUT2D eigenvalue weighted by Crippen LogP contribution is -2.51. The number of carbonyl (C=O) groups is 2. The predicted octanol–water partition coefficient (Wildman–Crippen LogP) is 3.21. The maximum absolute atomic E-state index is 12.3. The van der Waals surface area contributed by atoms with Gasteiger partial charge in [-0.1, -0.05) is 26.8 Å². The molecule has 0 aliphatic rings. The molecule has 0 aromatic heterocycles. The Labute approximate surface area is 156 Å². The smallest absolute Gasteiger partial charge is 0.309 e. The van der Waals surface area contributed by atoms with Crippen molar-refractivity contribution in [1.29, 1.82) is 0 Å². The second-order valence-electron chi connectivity index (χ2n) is 8.39. The summed E-state index contributed by atoms with van der Waals surface area (Å²) in [4.78, 5) is 24.5. The molecule has 1 rings (SSSR count). The molecule has 26 heavy (non-hydrogen) atoms. The first-order valence-corrected chi connectivity index (χ1v) is 8.73. The van der Waals surface area contributed by atoms with E-state index in [2.05, 4.69) is 31.4 Å². The number of benzene rings is 1. The number of ether oxygens (including phenoxy) is 2. The molecule has 0 heterocycles. The van der Waals surface area contributed by atoms with Gasteiger partial charge in [0.15, 0.2) is 11.5 Å². The van der Waals surface area contributed by atoms with Crippen LogP contribution in [0.1, 0.15) is 59.6 Å². The molecule has 2 amide bonds. The van der Waals surface area contributed by atoms with Crippen LogP contribution < -0.4 is 20.1 Å². The number of nitrogens with one attached hydrogen (secondary N) is 2. The summed E-state index contributed by atoms with van der Waals surface area (Å²) in [6.45, 7) is 11.9. The first-order chi connectivity index (χ1) is 11.9. The number of carbonyl (C=O) groups excluding carboxylic acids is 2. The van der Waals surface area contributed by atoms with Gasteiger partial charge in [0.25, 0.3) is 0 Å². The molecule has 1 unspecified atom stereocenters. The monoisotopic (exact) mass is 364 g/mol. The minimum atomic E-state index is -0.658. The van der Waals surface area contributed by atoms with E-state index in [0.717, 1.165) is 12.0 Å². The zero-order valence-corrected chi connectivity index (χ0v) is 17.1. The van der Waals surface area contributed by atoms with Crippen molar-refractivity contribution in [2.24, 2.45) is 5.41 Å².